The lowest BCUT2D eigenvalue weighted by atomic mass is 9.99. The van der Waals surface area contributed by atoms with Gasteiger partial charge in [-0.15, -0.1) is 19.6 Å². The maximum Gasteiger partial charge on any atom is 0.197 e. The minimum atomic E-state index is -0.709. The Morgan fingerprint density at radius 2 is 1.05 bits per heavy atom. The lowest BCUT2D eigenvalue weighted by molar-refractivity contribution is 0.104. The average Bonchev–Trinajstić information content (AvgIpc) is 2.59. The highest BCUT2D eigenvalue weighted by atomic mass is 16.3. The zero-order valence-corrected chi connectivity index (χ0v) is 10.8. The minimum Gasteiger partial charge on any atom is -0.288 e. The van der Waals surface area contributed by atoms with Crippen molar-refractivity contribution in [2.75, 3.05) is 0 Å². The Balaban J connectivity index is 2.57. The molecular formula is C13H6N4O5. The van der Waals surface area contributed by atoms with Crippen molar-refractivity contribution in [3.8, 4) is 0 Å². The number of rotatable bonds is 6. The van der Waals surface area contributed by atoms with Crippen molar-refractivity contribution in [2.45, 2.75) is 0 Å². The Hall–Kier alpha value is -3.49. The van der Waals surface area contributed by atoms with Gasteiger partial charge in [-0.1, -0.05) is 0 Å². The van der Waals surface area contributed by atoms with Crippen molar-refractivity contribution in [3.63, 3.8) is 0 Å². The fourth-order valence-electron chi connectivity index (χ4n) is 1.83. The first-order valence-corrected chi connectivity index (χ1v) is 5.80. The number of ketones is 1. The molecule has 0 unspecified atom stereocenters. The Bertz CT molecular complexity index is 738. The maximum atomic E-state index is 12.4. The van der Waals surface area contributed by atoms with Crippen molar-refractivity contribution in [3.05, 3.63) is 67.2 Å². The van der Waals surface area contributed by atoms with E-state index in [-0.39, 0.29) is 33.9 Å². The molecule has 2 aromatic rings. The van der Waals surface area contributed by atoms with Gasteiger partial charge in [-0.25, -0.2) is 0 Å². The van der Waals surface area contributed by atoms with Gasteiger partial charge in [-0.2, -0.15) is 0 Å². The first-order chi connectivity index (χ1) is 10.6. The highest BCUT2D eigenvalue weighted by molar-refractivity contribution is 6.15. The van der Waals surface area contributed by atoms with Crippen LogP contribution in [0.1, 0.15) is 15.9 Å². The van der Waals surface area contributed by atoms with Crippen molar-refractivity contribution in [2.24, 2.45) is 20.7 Å². The largest absolute Gasteiger partial charge is 0.288 e. The molecule has 0 aromatic heterocycles. The summed E-state index contributed by atoms with van der Waals surface area (Å²) in [4.78, 5) is 54.8. The average molecular weight is 298 g/mol. The molecule has 0 heterocycles. The molecule has 9 heteroatoms. The van der Waals surface area contributed by atoms with Gasteiger partial charge in [0.1, 0.15) is 22.7 Å². The predicted molar refractivity (Wildman–Crippen MR) is 78.1 cm³/mol. The fraction of sp³-hybridized carbons (Fsp3) is 0. The summed E-state index contributed by atoms with van der Waals surface area (Å²) in [5.74, 6) is -0.709. The third-order valence-electron chi connectivity index (χ3n) is 2.86. The molecule has 0 bridgehead atoms. The van der Waals surface area contributed by atoms with Crippen LogP contribution in [0.4, 0.5) is 22.7 Å². The molecule has 108 valence electrons. The summed E-state index contributed by atoms with van der Waals surface area (Å²) in [5, 5.41) is 10.6. The molecular weight excluding hydrogens is 292 g/mol. The van der Waals surface area contributed by atoms with Crippen molar-refractivity contribution in [1.82, 2.24) is 0 Å². The minimum absolute atomic E-state index is 0.0691. The third kappa shape index (κ3) is 2.68. The Kier molecular flexibility index (Phi) is 4.27. The second kappa shape index (κ2) is 6.31. The topological polar surface area (TPSA) is 135 Å². The summed E-state index contributed by atoms with van der Waals surface area (Å²) in [6.45, 7) is 0. The highest BCUT2D eigenvalue weighted by Gasteiger charge is 2.19. The van der Waals surface area contributed by atoms with Crippen molar-refractivity contribution >= 4 is 28.5 Å². The SMILES string of the molecule is O=Nc1ccc(C(=O)c2ccc(N=O)cc2N=O)c(N=O)c1. The van der Waals surface area contributed by atoms with Gasteiger partial charge in [-0.05, 0) is 57.1 Å². The van der Waals surface area contributed by atoms with Crippen LogP contribution in [-0.2, 0) is 0 Å². The normalized spacial score (nSPS) is 9.82. The first kappa shape index (κ1) is 14.9. The molecule has 0 atom stereocenters. The van der Waals surface area contributed by atoms with Crippen LogP contribution in [0.25, 0.3) is 0 Å². The van der Waals surface area contributed by atoms with Crippen LogP contribution in [0.5, 0.6) is 0 Å². The van der Waals surface area contributed by atoms with Gasteiger partial charge < -0.3 is 0 Å². The van der Waals surface area contributed by atoms with Crippen LogP contribution < -0.4 is 0 Å². The van der Waals surface area contributed by atoms with Crippen LogP contribution in [0, 0.1) is 19.6 Å². The van der Waals surface area contributed by atoms with E-state index in [1.165, 1.54) is 24.3 Å². The number of hydrogen-bond acceptors (Lipinski definition) is 9. The van der Waals surface area contributed by atoms with Gasteiger partial charge in [0, 0.05) is 0 Å². The summed E-state index contributed by atoms with van der Waals surface area (Å²) in [6.07, 6.45) is 0. The van der Waals surface area contributed by atoms with E-state index in [0.717, 1.165) is 12.1 Å². The summed E-state index contributed by atoms with van der Waals surface area (Å²) in [5.41, 5.74) is -0.980. The quantitative estimate of drug-likeness (QED) is 0.570. The number of nitrogens with zero attached hydrogens (tertiary/aromatic N) is 4. The zero-order valence-electron chi connectivity index (χ0n) is 10.8. The van der Waals surface area contributed by atoms with E-state index >= 15 is 0 Å². The molecule has 0 aliphatic heterocycles. The van der Waals surface area contributed by atoms with E-state index in [1.807, 2.05) is 0 Å². The number of benzene rings is 2. The summed E-state index contributed by atoms with van der Waals surface area (Å²) < 4.78 is 0. The van der Waals surface area contributed by atoms with E-state index in [2.05, 4.69) is 20.7 Å². The molecule has 0 aliphatic carbocycles. The van der Waals surface area contributed by atoms with Gasteiger partial charge in [-0.3, -0.25) is 4.79 Å². The molecule has 0 amide bonds. The van der Waals surface area contributed by atoms with Gasteiger partial charge in [0.2, 0.25) is 0 Å². The Labute approximate surface area is 122 Å². The van der Waals surface area contributed by atoms with Gasteiger partial charge in [0.25, 0.3) is 0 Å². The van der Waals surface area contributed by atoms with Gasteiger partial charge in [0.05, 0.1) is 11.1 Å². The van der Waals surface area contributed by atoms with E-state index < -0.39 is 5.78 Å². The molecule has 0 saturated heterocycles. The summed E-state index contributed by atoms with van der Waals surface area (Å²) in [7, 11) is 0. The monoisotopic (exact) mass is 298 g/mol. The predicted octanol–water partition coefficient (Wildman–Crippen LogP) is 4.51. The molecule has 0 spiro atoms. The molecule has 2 rings (SSSR count). The molecule has 0 fully saturated rings. The smallest absolute Gasteiger partial charge is 0.197 e. The van der Waals surface area contributed by atoms with E-state index in [0.29, 0.717) is 0 Å². The Morgan fingerprint density at radius 3 is 1.36 bits per heavy atom. The van der Waals surface area contributed by atoms with Crippen LogP contribution in [-0.4, -0.2) is 5.78 Å². The van der Waals surface area contributed by atoms with E-state index in [4.69, 9.17) is 0 Å². The maximum absolute atomic E-state index is 12.4. The molecule has 0 aliphatic rings. The molecule has 0 radical (unpaired) electrons. The zero-order chi connectivity index (χ0) is 16.1. The molecule has 2 aromatic carbocycles. The summed E-state index contributed by atoms with van der Waals surface area (Å²) in [6, 6.07) is 6.92. The highest BCUT2D eigenvalue weighted by Crippen LogP contribution is 2.32. The number of hydrogen-bond donors (Lipinski definition) is 0. The lowest BCUT2D eigenvalue weighted by Crippen LogP contribution is -2.02. The van der Waals surface area contributed by atoms with Crippen LogP contribution in [0.3, 0.4) is 0 Å². The molecule has 0 N–H and O–H groups in total. The first-order valence-electron chi connectivity index (χ1n) is 5.80. The van der Waals surface area contributed by atoms with Crippen LogP contribution >= 0.6 is 0 Å². The van der Waals surface area contributed by atoms with Gasteiger partial charge >= 0.3 is 0 Å². The molecule has 9 nitrogen and oxygen atoms in total. The van der Waals surface area contributed by atoms with Crippen molar-refractivity contribution in [1.29, 1.82) is 0 Å². The second-order valence-electron chi connectivity index (χ2n) is 4.10. The molecule has 0 saturated carbocycles. The van der Waals surface area contributed by atoms with Crippen LogP contribution in [0.15, 0.2) is 57.1 Å². The second-order valence-corrected chi connectivity index (χ2v) is 4.10. The third-order valence-corrected chi connectivity index (χ3v) is 2.86. The molecule has 22 heavy (non-hydrogen) atoms. The number of nitroso groups, excluding NO2 is 4. The van der Waals surface area contributed by atoms with Crippen LogP contribution in [0.2, 0.25) is 0 Å². The van der Waals surface area contributed by atoms with E-state index in [9.17, 15) is 24.4 Å². The Morgan fingerprint density at radius 1 is 0.636 bits per heavy atom. The number of carbonyl (C=O) groups excluding carboxylic acids is 1. The number of carbonyl (C=O) groups is 1. The van der Waals surface area contributed by atoms with Gasteiger partial charge in [0.15, 0.2) is 5.78 Å². The van der Waals surface area contributed by atoms with Crippen molar-refractivity contribution < 1.29 is 4.79 Å². The lowest BCUT2D eigenvalue weighted by Gasteiger charge is -2.05. The fourth-order valence-corrected chi connectivity index (χ4v) is 1.83. The van der Waals surface area contributed by atoms with E-state index in [1.54, 1.807) is 0 Å². The summed E-state index contributed by atoms with van der Waals surface area (Å²) >= 11 is 0. The standard InChI is InChI=1S/C13H6N4O5/c18-13(9-3-1-7(14-19)5-11(9)16-21)10-4-2-8(15-20)6-12(10)17-22/h1-6H.